The maximum absolute atomic E-state index is 4.75. The number of pyridine rings is 1. The third kappa shape index (κ3) is 2.07. The lowest BCUT2D eigenvalue weighted by Crippen LogP contribution is -2.01. The van der Waals surface area contributed by atoms with Crippen LogP contribution in [0.1, 0.15) is 36.7 Å². The highest BCUT2D eigenvalue weighted by Crippen LogP contribution is 2.29. The Morgan fingerprint density at radius 2 is 1.90 bits per heavy atom. The van der Waals surface area contributed by atoms with Crippen molar-refractivity contribution in [3.63, 3.8) is 0 Å². The van der Waals surface area contributed by atoms with Gasteiger partial charge in [0.05, 0.1) is 17.1 Å². The molecule has 0 fully saturated rings. The third-order valence-corrected chi connectivity index (χ3v) is 3.34. The first-order chi connectivity index (χ1) is 9.56. The van der Waals surface area contributed by atoms with Crippen LogP contribution in [0.15, 0.2) is 30.6 Å². The zero-order valence-corrected chi connectivity index (χ0v) is 12.3. The fourth-order valence-electron chi connectivity index (χ4n) is 2.46. The Kier molecular flexibility index (Phi) is 3.01. The Morgan fingerprint density at radius 1 is 1.10 bits per heavy atom. The number of aryl methyl sites for hydroxylation is 2. The van der Waals surface area contributed by atoms with Gasteiger partial charge in [-0.3, -0.25) is 4.98 Å². The summed E-state index contributed by atoms with van der Waals surface area (Å²) in [7, 11) is 0. The molecule has 0 amide bonds. The molecule has 0 unspecified atom stereocenters. The average Bonchev–Trinajstić information content (AvgIpc) is 2.77. The van der Waals surface area contributed by atoms with E-state index in [9.17, 15) is 0 Å². The van der Waals surface area contributed by atoms with Crippen molar-refractivity contribution in [2.24, 2.45) is 0 Å². The predicted molar refractivity (Wildman–Crippen MR) is 79.8 cm³/mol. The number of hydrogen-bond acceptors (Lipinski definition) is 3. The largest absolute Gasteiger partial charge is 0.264 e. The van der Waals surface area contributed by atoms with Crippen molar-refractivity contribution in [2.45, 2.75) is 33.6 Å². The minimum absolute atomic E-state index is 0.342. The van der Waals surface area contributed by atoms with E-state index in [4.69, 9.17) is 4.98 Å². The summed E-state index contributed by atoms with van der Waals surface area (Å²) < 4.78 is 1.96. The standard InChI is InChI=1S/C16H18N4/c1-10(2)16-15(13-7-11(3)8-17-9-13)18-14-6-5-12(4)19-20(14)16/h5-10H,1-4H3. The van der Waals surface area contributed by atoms with Gasteiger partial charge < -0.3 is 0 Å². The molecule has 0 radical (unpaired) electrons. The Labute approximate surface area is 118 Å². The Balaban J connectivity index is 2.32. The van der Waals surface area contributed by atoms with Gasteiger partial charge in [0.2, 0.25) is 0 Å². The van der Waals surface area contributed by atoms with E-state index in [0.717, 1.165) is 33.9 Å². The first-order valence-electron chi connectivity index (χ1n) is 6.84. The first kappa shape index (κ1) is 12.8. The number of fused-ring (bicyclic) bond motifs is 1. The predicted octanol–water partition coefficient (Wildman–Crippen LogP) is 3.53. The fourth-order valence-corrected chi connectivity index (χ4v) is 2.46. The van der Waals surface area contributed by atoms with E-state index < -0.39 is 0 Å². The SMILES string of the molecule is Cc1cncc(-c2nc3ccc(C)nn3c2C(C)C)c1. The molecule has 0 saturated heterocycles. The highest BCUT2D eigenvalue weighted by molar-refractivity contribution is 5.66. The molecular formula is C16H18N4. The summed E-state index contributed by atoms with van der Waals surface area (Å²) in [5.74, 6) is 0.342. The lowest BCUT2D eigenvalue weighted by atomic mass is 10.0. The van der Waals surface area contributed by atoms with E-state index in [1.54, 1.807) is 0 Å². The van der Waals surface area contributed by atoms with Crippen molar-refractivity contribution < 1.29 is 0 Å². The van der Waals surface area contributed by atoms with Crippen LogP contribution in [-0.2, 0) is 0 Å². The van der Waals surface area contributed by atoms with Crippen LogP contribution in [0.25, 0.3) is 16.9 Å². The molecule has 3 aromatic heterocycles. The monoisotopic (exact) mass is 266 g/mol. The molecule has 0 aliphatic heterocycles. The lowest BCUT2D eigenvalue weighted by molar-refractivity contribution is 0.752. The number of imidazole rings is 1. The van der Waals surface area contributed by atoms with Gasteiger partial charge in [-0.25, -0.2) is 9.50 Å². The highest BCUT2D eigenvalue weighted by atomic mass is 15.3. The maximum Gasteiger partial charge on any atom is 0.154 e. The summed E-state index contributed by atoms with van der Waals surface area (Å²) in [5.41, 5.74) is 6.18. The van der Waals surface area contributed by atoms with Crippen molar-refractivity contribution in [3.05, 3.63) is 47.5 Å². The summed E-state index contributed by atoms with van der Waals surface area (Å²) in [4.78, 5) is 9.03. The molecule has 4 nitrogen and oxygen atoms in total. The molecule has 20 heavy (non-hydrogen) atoms. The number of aromatic nitrogens is 4. The summed E-state index contributed by atoms with van der Waals surface area (Å²) in [5, 5.41) is 4.60. The van der Waals surface area contributed by atoms with Gasteiger partial charge in [-0.1, -0.05) is 13.8 Å². The zero-order chi connectivity index (χ0) is 14.3. The van der Waals surface area contributed by atoms with Crippen LogP contribution in [0.2, 0.25) is 0 Å². The molecule has 3 heterocycles. The molecule has 0 aliphatic rings. The first-order valence-corrected chi connectivity index (χ1v) is 6.84. The van der Waals surface area contributed by atoms with Crippen LogP contribution < -0.4 is 0 Å². The second kappa shape index (κ2) is 4.71. The molecular weight excluding hydrogens is 248 g/mol. The van der Waals surface area contributed by atoms with Crippen molar-refractivity contribution in [2.75, 3.05) is 0 Å². The van der Waals surface area contributed by atoms with Crippen LogP contribution in [0.5, 0.6) is 0 Å². The Morgan fingerprint density at radius 3 is 2.60 bits per heavy atom. The minimum atomic E-state index is 0.342. The van der Waals surface area contributed by atoms with Gasteiger partial charge in [-0.15, -0.1) is 0 Å². The second-order valence-corrected chi connectivity index (χ2v) is 5.50. The average molecular weight is 266 g/mol. The highest BCUT2D eigenvalue weighted by Gasteiger charge is 2.18. The van der Waals surface area contributed by atoms with Crippen LogP contribution in [0.3, 0.4) is 0 Å². The number of hydrogen-bond donors (Lipinski definition) is 0. The van der Waals surface area contributed by atoms with E-state index in [1.165, 1.54) is 0 Å². The smallest absolute Gasteiger partial charge is 0.154 e. The number of rotatable bonds is 2. The van der Waals surface area contributed by atoms with Gasteiger partial charge in [-0.2, -0.15) is 5.10 Å². The van der Waals surface area contributed by atoms with Crippen molar-refractivity contribution in [1.29, 1.82) is 0 Å². The van der Waals surface area contributed by atoms with E-state index in [2.05, 4.69) is 30.0 Å². The topological polar surface area (TPSA) is 43.1 Å². The van der Waals surface area contributed by atoms with E-state index >= 15 is 0 Å². The fraction of sp³-hybridized carbons (Fsp3) is 0.312. The van der Waals surface area contributed by atoms with Crippen molar-refractivity contribution in [1.82, 2.24) is 19.6 Å². The van der Waals surface area contributed by atoms with Gasteiger partial charge in [0.1, 0.15) is 0 Å². The second-order valence-electron chi connectivity index (χ2n) is 5.50. The molecule has 0 atom stereocenters. The Bertz CT molecular complexity index is 771. The molecule has 3 rings (SSSR count). The summed E-state index contributed by atoms with van der Waals surface area (Å²) in [6, 6.07) is 6.12. The molecule has 0 aliphatic carbocycles. The minimum Gasteiger partial charge on any atom is -0.264 e. The lowest BCUT2D eigenvalue weighted by Gasteiger charge is -2.08. The summed E-state index contributed by atoms with van der Waals surface area (Å²) >= 11 is 0. The number of nitrogens with zero attached hydrogens (tertiary/aromatic N) is 4. The van der Waals surface area contributed by atoms with Crippen LogP contribution in [-0.4, -0.2) is 19.6 Å². The molecule has 0 spiro atoms. The van der Waals surface area contributed by atoms with Gasteiger partial charge >= 0.3 is 0 Å². The van der Waals surface area contributed by atoms with Crippen LogP contribution in [0.4, 0.5) is 0 Å². The van der Waals surface area contributed by atoms with E-state index in [0.29, 0.717) is 5.92 Å². The molecule has 0 aromatic carbocycles. The summed E-state index contributed by atoms with van der Waals surface area (Å²) in [6.45, 7) is 8.38. The van der Waals surface area contributed by atoms with Gasteiger partial charge in [0.15, 0.2) is 5.65 Å². The van der Waals surface area contributed by atoms with E-state index in [-0.39, 0.29) is 0 Å². The molecule has 3 aromatic rings. The van der Waals surface area contributed by atoms with Gasteiger partial charge in [-0.05, 0) is 43.5 Å². The molecule has 102 valence electrons. The molecule has 0 bridgehead atoms. The maximum atomic E-state index is 4.75. The zero-order valence-electron chi connectivity index (χ0n) is 12.3. The normalized spacial score (nSPS) is 11.4. The van der Waals surface area contributed by atoms with Crippen molar-refractivity contribution in [3.8, 4) is 11.3 Å². The quantitative estimate of drug-likeness (QED) is 0.712. The van der Waals surface area contributed by atoms with E-state index in [1.807, 2.05) is 42.9 Å². The van der Waals surface area contributed by atoms with Gasteiger partial charge in [0.25, 0.3) is 0 Å². The Hall–Kier alpha value is -2.23. The molecule has 0 saturated carbocycles. The van der Waals surface area contributed by atoms with Crippen molar-refractivity contribution >= 4 is 5.65 Å². The summed E-state index contributed by atoms with van der Waals surface area (Å²) in [6.07, 6.45) is 3.73. The molecule has 0 N–H and O–H groups in total. The van der Waals surface area contributed by atoms with Crippen LogP contribution in [0, 0.1) is 13.8 Å². The van der Waals surface area contributed by atoms with Crippen LogP contribution >= 0.6 is 0 Å². The third-order valence-electron chi connectivity index (χ3n) is 3.34. The molecule has 4 heteroatoms. The van der Waals surface area contributed by atoms with Gasteiger partial charge in [0, 0.05) is 18.0 Å².